The summed E-state index contributed by atoms with van der Waals surface area (Å²) in [5.74, 6) is 0. The van der Waals surface area contributed by atoms with Gasteiger partial charge in [-0.05, 0) is 0 Å². The lowest BCUT2D eigenvalue weighted by Gasteiger charge is -1.65. The Hall–Kier alpha value is -1.24. The van der Waals surface area contributed by atoms with Crippen LogP contribution in [-0.4, -0.2) is 18.8 Å². The molecule has 0 amide bonds. The fourth-order valence-corrected chi connectivity index (χ4v) is 0.0996. The molecule has 0 saturated heterocycles. The van der Waals surface area contributed by atoms with Crippen LogP contribution in [0.4, 0.5) is 0 Å². The first-order chi connectivity index (χ1) is 3.41. The van der Waals surface area contributed by atoms with Crippen molar-refractivity contribution in [2.75, 3.05) is 6.67 Å². The minimum Gasteiger partial charge on any atom is -0.242 e. The summed E-state index contributed by atoms with van der Waals surface area (Å²) in [6, 6.07) is 1.70. The average Bonchev–Trinajstić information content (AvgIpc) is 1.69. The normalized spacial score (nSPS) is 5.71. The van der Waals surface area contributed by atoms with E-state index in [1.165, 1.54) is 6.08 Å². The highest BCUT2D eigenvalue weighted by Gasteiger charge is 1.61. The van der Waals surface area contributed by atoms with Crippen LogP contribution in [0.25, 0.3) is 0 Å². The van der Waals surface area contributed by atoms with Gasteiger partial charge in [0.2, 0.25) is 6.08 Å². The number of nitrogens with one attached hydrogen (secondary N) is 1. The fourth-order valence-electron chi connectivity index (χ4n) is 0.0996. The van der Waals surface area contributed by atoms with Gasteiger partial charge in [0, 0.05) is 0 Å². The predicted molar refractivity (Wildman–Crippen MR) is 23.1 cm³/mol. The van der Waals surface area contributed by atoms with Crippen LogP contribution in [0.5, 0.6) is 0 Å². The van der Waals surface area contributed by atoms with E-state index in [-0.39, 0.29) is 6.67 Å². The van der Waals surface area contributed by atoms with Gasteiger partial charge in [-0.1, -0.05) is 0 Å². The van der Waals surface area contributed by atoms with E-state index < -0.39 is 0 Å². The molecule has 0 atom stereocenters. The molecule has 4 heteroatoms. The van der Waals surface area contributed by atoms with Crippen LogP contribution in [0.15, 0.2) is 9.98 Å². The summed E-state index contributed by atoms with van der Waals surface area (Å²) in [7, 11) is 0. The Morgan fingerprint density at radius 2 is 2.29 bits per heavy atom. The van der Waals surface area contributed by atoms with Gasteiger partial charge in [-0.15, -0.1) is 0 Å². The third-order valence-corrected chi connectivity index (χ3v) is 0.285. The van der Waals surface area contributed by atoms with Crippen molar-refractivity contribution in [2.24, 2.45) is 9.98 Å². The summed E-state index contributed by atoms with van der Waals surface area (Å²) in [6.07, 6.45) is 1.26. The van der Waals surface area contributed by atoms with E-state index in [9.17, 15) is 4.79 Å². The summed E-state index contributed by atoms with van der Waals surface area (Å²) >= 11 is 0. The van der Waals surface area contributed by atoms with E-state index in [4.69, 9.17) is 5.41 Å². The molecule has 36 valence electrons. The second-order valence-electron chi connectivity index (χ2n) is 0.661. The minimum absolute atomic E-state index is 0.0347. The van der Waals surface area contributed by atoms with Crippen LogP contribution < -0.4 is 0 Å². The topological polar surface area (TPSA) is 65.6 Å². The molecular weight excluding hydrogens is 94.1 g/mol. The number of nitrogens with zero attached hydrogens (tertiary/aromatic N) is 2. The van der Waals surface area contributed by atoms with E-state index in [2.05, 4.69) is 9.98 Å². The average molecular weight is 97.1 g/mol. The Kier molecular flexibility index (Phi) is 3.92. The molecule has 0 aromatic carbocycles. The van der Waals surface area contributed by atoms with Crippen LogP contribution in [0.1, 0.15) is 0 Å². The molecule has 0 radical (unpaired) electrons. The molecule has 0 unspecified atom stereocenters. The van der Waals surface area contributed by atoms with Crippen LogP contribution >= 0.6 is 0 Å². The van der Waals surface area contributed by atoms with Gasteiger partial charge >= 0.3 is 0 Å². The number of hydrogen-bond donors (Lipinski definition) is 1. The van der Waals surface area contributed by atoms with Gasteiger partial charge < -0.3 is 0 Å². The molecule has 4 nitrogen and oxygen atoms in total. The van der Waals surface area contributed by atoms with Gasteiger partial charge in [0.1, 0.15) is 0 Å². The third-order valence-electron chi connectivity index (χ3n) is 0.285. The van der Waals surface area contributed by atoms with Crippen LogP contribution in [0.2, 0.25) is 0 Å². The molecule has 0 aliphatic rings. The van der Waals surface area contributed by atoms with Crippen molar-refractivity contribution in [3.63, 3.8) is 0 Å². The number of hydrogen-bond acceptors (Lipinski definition) is 4. The minimum atomic E-state index is -0.0347. The zero-order chi connectivity index (χ0) is 5.54. The van der Waals surface area contributed by atoms with Crippen LogP contribution in [0, 0.1) is 5.41 Å². The van der Waals surface area contributed by atoms with Gasteiger partial charge in [0.25, 0.3) is 0 Å². The molecule has 0 spiro atoms. The van der Waals surface area contributed by atoms with Crippen molar-refractivity contribution >= 4 is 12.1 Å². The molecule has 0 bridgehead atoms. The molecule has 0 saturated carbocycles. The van der Waals surface area contributed by atoms with E-state index in [0.29, 0.717) is 0 Å². The largest absolute Gasteiger partial charge is 0.242 e. The summed E-state index contributed by atoms with van der Waals surface area (Å²) in [4.78, 5) is 15.4. The zero-order valence-electron chi connectivity index (χ0n) is 3.51. The maximum atomic E-state index is 9.24. The highest BCUT2D eigenvalue weighted by atomic mass is 16.1. The molecule has 0 aliphatic heterocycles. The van der Waals surface area contributed by atoms with Crippen LogP contribution in [-0.2, 0) is 4.79 Å². The Morgan fingerprint density at radius 3 is 2.71 bits per heavy atom. The smallest absolute Gasteiger partial charge is 0.236 e. The lowest BCUT2D eigenvalue weighted by molar-refractivity contribution is 0.563. The van der Waals surface area contributed by atoms with Crippen molar-refractivity contribution < 1.29 is 4.79 Å². The Labute approximate surface area is 40.1 Å². The molecule has 1 N–H and O–H groups in total. The third kappa shape index (κ3) is 4.76. The highest BCUT2D eigenvalue weighted by molar-refractivity contribution is 5.37. The van der Waals surface area contributed by atoms with Crippen molar-refractivity contribution in [2.45, 2.75) is 0 Å². The van der Waals surface area contributed by atoms with Crippen molar-refractivity contribution in [1.29, 1.82) is 5.41 Å². The first-order valence-electron chi connectivity index (χ1n) is 1.53. The van der Waals surface area contributed by atoms with Crippen molar-refractivity contribution in [1.82, 2.24) is 0 Å². The predicted octanol–water partition coefficient (Wildman–Crippen LogP) is 0.0324. The molecule has 0 aromatic rings. The maximum absolute atomic E-state index is 9.24. The second kappa shape index (κ2) is 4.76. The van der Waals surface area contributed by atoms with E-state index >= 15 is 0 Å². The van der Waals surface area contributed by atoms with Gasteiger partial charge in [-0.25, -0.2) is 15.2 Å². The molecule has 0 heterocycles. The Morgan fingerprint density at radius 1 is 1.57 bits per heavy atom. The number of isocyanates is 1. The molecule has 0 rings (SSSR count). The van der Waals surface area contributed by atoms with E-state index in [1.807, 2.05) is 0 Å². The molecule has 7 heavy (non-hydrogen) atoms. The van der Waals surface area contributed by atoms with Gasteiger partial charge in [-0.3, -0.25) is 0 Å². The Balaban J connectivity index is 3.33. The number of rotatable bonds is 2. The van der Waals surface area contributed by atoms with Crippen molar-refractivity contribution in [3.8, 4) is 0 Å². The monoisotopic (exact) mass is 97.0 g/mol. The molecule has 0 fully saturated rings. The summed E-state index contributed by atoms with van der Waals surface area (Å²) in [5, 5.41) is 6.17. The lowest BCUT2D eigenvalue weighted by atomic mass is 11.1. The van der Waals surface area contributed by atoms with Crippen LogP contribution in [0.3, 0.4) is 0 Å². The summed E-state index contributed by atoms with van der Waals surface area (Å²) in [5.41, 5.74) is 0. The van der Waals surface area contributed by atoms with Gasteiger partial charge in [0.05, 0.1) is 6.01 Å². The standard InChI is InChI=1S/C3H3N3O/c4-1-5-2-6-3-7/h4H,2H2. The van der Waals surface area contributed by atoms with E-state index in [1.54, 1.807) is 6.01 Å². The van der Waals surface area contributed by atoms with E-state index in [0.717, 1.165) is 0 Å². The summed E-state index contributed by atoms with van der Waals surface area (Å²) in [6.45, 7) is -0.0347. The van der Waals surface area contributed by atoms with Crippen molar-refractivity contribution in [3.05, 3.63) is 0 Å². The van der Waals surface area contributed by atoms with Gasteiger partial charge in [0.15, 0.2) is 6.67 Å². The SMILES string of the molecule is N=C=NCN=C=O. The zero-order valence-corrected chi connectivity index (χ0v) is 3.51. The maximum Gasteiger partial charge on any atom is 0.236 e. The summed E-state index contributed by atoms with van der Waals surface area (Å²) < 4.78 is 0. The number of aliphatic imine (C=N–C) groups is 2. The van der Waals surface area contributed by atoms with Gasteiger partial charge in [-0.2, -0.15) is 4.99 Å². The molecular formula is C3H3N3O. The first-order valence-corrected chi connectivity index (χ1v) is 1.53. The first kappa shape index (κ1) is 5.76. The highest BCUT2D eigenvalue weighted by Crippen LogP contribution is 1.61. The second-order valence-corrected chi connectivity index (χ2v) is 0.661. The lowest BCUT2D eigenvalue weighted by Crippen LogP contribution is -1.66. The molecule has 0 aromatic heterocycles. The number of carbonyl (C=O) groups excluding carboxylic acids is 1. The Bertz CT molecular complexity index is 113. The molecule has 0 aliphatic carbocycles. The fraction of sp³-hybridized carbons (Fsp3) is 0.333. The quantitative estimate of drug-likeness (QED) is 0.383.